The summed E-state index contributed by atoms with van der Waals surface area (Å²) in [6.07, 6.45) is 4.39. The van der Waals surface area contributed by atoms with Gasteiger partial charge in [0.1, 0.15) is 0 Å². The lowest BCUT2D eigenvalue weighted by Gasteiger charge is -2.27. The van der Waals surface area contributed by atoms with Gasteiger partial charge in [0.15, 0.2) is 0 Å². The summed E-state index contributed by atoms with van der Waals surface area (Å²) in [7, 11) is -3.44. The van der Waals surface area contributed by atoms with Gasteiger partial charge in [0.2, 0.25) is 15.9 Å². The predicted octanol–water partition coefficient (Wildman–Crippen LogP) is 2.04. The summed E-state index contributed by atoms with van der Waals surface area (Å²) in [5.41, 5.74) is 1.31. The summed E-state index contributed by atoms with van der Waals surface area (Å²) in [4.78, 5) is 11.8. The Bertz CT molecular complexity index is 531. The van der Waals surface area contributed by atoms with Crippen molar-refractivity contribution in [3.8, 4) is 0 Å². The maximum atomic E-state index is 11.8. The van der Waals surface area contributed by atoms with Gasteiger partial charge in [-0.25, -0.2) is 8.42 Å². The van der Waals surface area contributed by atoms with Crippen molar-refractivity contribution >= 4 is 15.9 Å². The SMILES string of the molecule is CS(=O)(=O)NC(=O)C1CCC(c2ccccc2)CC1. The predicted molar refractivity (Wildman–Crippen MR) is 74.1 cm³/mol. The van der Waals surface area contributed by atoms with Crippen LogP contribution in [0, 0.1) is 5.92 Å². The highest BCUT2D eigenvalue weighted by Gasteiger charge is 2.28. The Morgan fingerprint density at radius 2 is 1.68 bits per heavy atom. The Morgan fingerprint density at radius 3 is 2.21 bits per heavy atom. The quantitative estimate of drug-likeness (QED) is 0.922. The van der Waals surface area contributed by atoms with Gasteiger partial charge in [0.25, 0.3) is 0 Å². The van der Waals surface area contributed by atoms with Gasteiger partial charge >= 0.3 is 0 Å². The van der Waals surface area contributed by atoms with Crippen molar-refractivity contribution in [2.45, 2.75) is 31.6 Å². The number of carbonyl (C=O) groups is 1. The van der Waals surface area contributed by atoms with Gasteiger partial charge in [-0.15, -0.1) is 0 Å². The monoisotopic (exact) mass is 281 g/mol. The smallest absolute Gasteiger partial charge is 0.236 e. The average molecular weight is 281 g/mol. The van der Waals surface area contributed by atoms with E-state index in [1.807, 2.05) is 18.2 Å². The zero-order chi connectivity index (χ0) is 13.9. The highest BCUT2D eigenvalue weighted by Crippen LogP contribution is 2.35. The fourth-order valence-electron chi connectivity index (χ4n) is 2.68. The molecule has 0 bridgehead atoms. The molecule has 2 rings (SSSR count). The van der Waals surface area contributed by atoms with Crippen molar-refractivity contribution in [2.75, 3.05) is 6.26 Å². The van der Waals surface area contributed by atoms with Gasteiger partial charge in [0, 0.05) is 5.92 Å². The maximum absolute atomic E-state index is 11.8. The standard InChI is InChI=1S/C14H19NO3S/c1-19(17,18)15-14(16)13-9-7-12(8-10-13)11-5-3-2-4-6-11/h2-6,12-13H,7-10H2,1H3,(H,15,16). The van der Waals surface area contributed by atoms with Gasteiger partial charge < -0.3 is 0 Å². The fraction of sp³-hybridized carbons (Fsp3) is 0.500. The molecule has 19 heavy (non-hydrogen) atoms. The first kappa shape index (κ1) is 14.1. The summed E-state index contributed by atoms with van der Waals surface area (Å²) < 4.78 is 24.2. The average Bonchev–Trinajstić information content (AvgIpc) is 2.38. The second-order valence-electron chi connectivity index (χ2n) is 5.20. The molecule has 0 aromatic heterocycles. The number of nitrogens with one attached hydrogen (secondary N) is 1. The van der Waals surface area contributed by atoms with E-state index < -0.39 is 10.0 Å². The van der Waals surface area contributed by atoms with Gasteiger partial charge in [0.05, 0.1) is 6.26 Å². The minimum atomic E-state index is -3.44. The molecule has 1 aliphatic carbocycles. The van der Waals surface area contributed by atoms with E-state index in [4.69, 9.17) is 0 Å². The summed E-state index contributed by atoms with van der Waals surface area (Å²) in [5, 5.41) is 0. The first-order valence-electron chi connectivity index (χ1n) is 6.52. The number of amides is 1. The molecule has 4 nitrogen and oxygen atoms in total. The molecule has 0 heterocycles. The molecule has 5 heteroatoms. The third-order valence-corrected chi connectivity index (χ3v) is 4.23. The van der Waals surface area contributed by atoms with Crippen LogP contribution < -0.4 is 4.72 Å². The molecule has 0 unspecified atom stereocenters. The van der Waals surface area contributed by atoms with Crippen LogP contribution in [0.1, 0.15) is 37.2 Å². The minimum Gasteiger partial charge on any atom is -0.274 e. The molecule has 1 amide bonds. The molecular weight excluding hydrogens is 262 g/mol. The van der Waals surface area contributed by atoms with E-state index in [0.717, 1.165) is 31.9 Å². The van der Waals surface area contributed by atoms with E-state index in [9.17, 15) is 13.2 Å². The Hall–Kier alpha value is -1.36. The third kappa shape index (κ3) is 4.06. The van der Waals surface area contributed by atoms with Crippen LogP contribution in [0.4, 0.5) is 0 Å². The first-order valence-corrected chi connectivity index (χ1v) is 8.41. The molecular formula is C14H19NO3S. The van der Waals surface area contributed by atoms with Crippen molar-refractivity contribution in [1.29, 1.82) is 0 Å². The topological polar surface area (TPSA) is 63.2 Å². The Balaban J connectivity index is 1.91. The van der Waals surface area contributed by atoms with Crippen molar-refractivity contribution in [2.24, 2.45) is 5.92 Å². The zero-order valence-corrected chi connectivity index (χ0v) is 11.8. The third-order valence-electron chi connectivity index (χ3n) is 3.65. The molecule has 0 spiro atoms. The second kappa shape index (κ2) is 5.74. The summed E-state index contributed by atoms with van der Waals surface area (Å²) in [6, 6.07) is 10.3. The van der Waals surface area contributed by atoms with Gasteiger partial charge in [-0.05, 0) is 37.2 Å². The van der Waals surface area contributed by atoms with Crippen molar-refractivity contribution in [3.05, 3.63) is 35.9 Å². The lowest BCUT2D eigenvalue weighted by molar-refractivity contribution is -0.124. The van der Waals surface area contributed by atoms with E-state index in [1.54, 1.807) is 0 Å². The van der Waals surface area contributed by atoms with E-state index in [0.29, 0.717) is 5.92 Å². The van der Waals surface area contributed by atoms with Gasteiger partial charge in [-0.3, -0.25) is 9.52 Å². The molecule has 0 radical (unpaired) electrons. The van der Waals surface area contributed by atoms with Crippen LogP contribution >= 0.6 is 0 Å². The van der Waals surface area contributed by atoms with E-state index >= 15 is 0 Å². The van der Waals surface area contributed by atoms with Crippen LogP contribution in [-0.4, -0.2) is 20.6 Å². The van der Waals surface area contributed by atoms with Gasteiger partial charge in [-0.2, -0.15) is 0 Å². The lowest BCUT2D eigenvalue weighted by Crippen LogP contribution is -2.36. The van der Waals surface area contributed by atoms with Crippen LogP contribution in [0.3, 0.4) is 0 Å². The highest BCUT2D eigenvalue weighted by molar-refractivity contribution is 7.89. The molecule has 1 aromatic carbocycles. The molecule has 0 atom stereocenters. The van der Waals surface area contributed by atoms with Crippen LogP contribution in [0.15, 0.2) is 30.3 Å². The number of benzene rings is 1. The molecule has 1 fully saturated rings. The largest absolute Gasteiger partial charge is 0.274 e. The fourth-order valence-corrected chi connectivity index (χ4v) is 3.21. The number of hydrogen-bond acceptors (Lipinski definition) is 3. The van der Waals surface area contributed by atoms with Crippen LogP contribution in [0.5, 0.6) is 0 Å². The molecule has 1 aliphatic rings. The van der Waals surface area contributed by atoms with Crippen molar-refractivity contribution in [3.63, 3.8) is 0 Å². The van der Waals surface area contributed by atoms with Crippen LogP contribution in [-0.2, 0) is 14.8 Å². The summed E-state index contributed by atoms with van der Waals surface area (Å²) in [5.74, 6) is -0.0350. The number of sulfonamides is 1. The second-order valence-corrected chi connectivity index (χ2v) is 6.95. The van der Waals surface area contributed by atoms with Crippen LogP contribution in [0.25, 0.3) is 0 Å². The Kier molecular flexibility index (Phi) is 4.24. The Labute approximate surface area is 114 Å². The zero-order valence-electron chi connectivity index (χ0n) is 11.0. The minimum absolute atomic E-state index is 0.172. The highest BCUT2D eigenvalue weighted by atomic mass is 32.2. The molecule has 1 aromatic rings. The van der Waals surface area contributed by atoms with E-state index in [-0.39, 0.29) is 11.8 Å². The van der Waals surface area contributed by atoms with Gasteiger partial charge in [-0.1, -0.05) is 30.3 Å². The summed E-state index contributed by atoms with van der Waals surface area (Å²) >= 11 is 0. The molecule has 1 saturated carbocycles. The molecule has 0 aliphatic heterocycles. The number of carbonyl (C=O) groups excluding carboxylic acids is 1. The Morgan fingerprint density at radius 1 is 1.11 bits per heavy atom. The molecule has 104 valence electrons. The van der Waals surface area contributed by atoms with Crippen LogP contribution in [0.2, 0.25) is 0 Å². The van der Waals surface area contributed by atoms with E-state index in [2.05, 4.69) is 16.9 Å². The normalized spacial score (nSPS) is 23.8. The number of rotatable bonds is 3. The van der Waals surface area contributed by atoms with E-state index in [1.165, 1.54) is 5.56 Å². The maximum Gasteiger partial charge on any atom is 0.236 e. The van der Waals surface area contributed by atoms with Crippen molar-refractivity contribution < 1.29 is 13.2 Å². The summed E-state index contributed by atoms with van der Waals surface area (Å²) in [6.45, 7) is 0. The van der Waals surface area contributed by atoms with Crippen molar-refractivity contribution in [1.82, 2.24) is 4.72 Å². The first-order chi connectivity index (χ1) is 8.96. The lowest BCUT2D eigenvalue weighted by atomic mass is 9.78. The molecule has 0 saturated heterocycles. The number of hydrogen-bond donors (Lipinski definition) is 1. The molecule has 1 N–H and O–H groups in total.